The fourth-order valence-electron chi connectivity index (χ4n) is 4.00. The molecule has 0 aliphatic heterocycles. The summed E-state index contributed by atoms with van der Waals surface area (Å²) in [6, 6.07) is 18.4. The van der Waals surface area contributed by atoms with E-state index in [0.717, 1.165) is 11.3 Å². The normalized spacial score (nSPS) is 11.1. The second kappa shape index (κ2) is 10.9. The van der Waals surface area contributed by atoms with Gasteiger partial charge in [0.15, 0.2) is 11.5 Å². The first-order chi connectivity index (χ1) is 19.2. The lowest BCUT2D eigenvalue weighted by Gasteiger charge is -2.10. The molecule has 5 aromatic rings. The number of alkyl halides is 2. The highest BCUT2D eigenvalue weighted by Crippen LogP contribution is 2.42. The second-order valence-electron chi connectivity index (χ2n) is 8.35. The zero-order valence-electron chi connectivity index (χ0n) is 20.3. The lowest BCUT2D eigenvalue weighted by atomic mass is 10.0. The molecule has 0 aliphatic rings. The number of pyridine rings is 1. The van der Waals surface area contributed by atoms with Crippen LogP contribution in [0.15, 0.2) is 77.2 Å². The highest BCUT2D eigenvalue weighted by Gasteiger charge is 2.26. The lowest BCUT2D eigenvalue weighted by molar-refractivity contribution is -0.386. The van der Waals surface area contributed by atoms with Crippen LogP contribution in [0.4, 0.5) is 20.2 Å². The van der Waals surface area contributed by atoms with E-state index < -0.39 is 28.9 Å². The van der Waals surface area contributed by atoms with Gasteiger partial charge in [0.25, 0.3) is 18.2 Å². The van der Waals surface area contributed by atoms with Crippen molar-refractivity contribution in [3.63, 3.8) is 0 Å². The van der Waals surface area contributed by atoms with Crippen molar-refractivity contribution in [1.29, 1.82) is 0 Å². The number of hydrogen-bond donors (Lipinski definition) is 2. The van der Waals surface area contributed by atoms with Crippen LogP contribution in [0.3, 0.4) is 0 Å². The Bertz CT molecular complexity index is 1750. The Labute approximate surface area is 228 Å². The molecule has 0 saturated carbocycles. The summed E-state index contributed by atoms with van der Waals surface area (Å²) in [5.74, 6) is -1.57. The van der Waals surface area contributed by atoms with Gasteiger partial charge in [-0.25, -0.2) is 13.8 Å². The van der Waals surface area contributed by atoms with E-state index in [-0.39, 0.29) is 50.3 Å². The van der Waals surface area contributed by atoms with E-state index in [1.54, 1.807) is 36.4 Å². The van der Waals surface area contributed by atoms with Gasteiger partial charge >= 0.3 is 5.69 Å². The van der Waals surface area contributed by atoms with Crippen molar-refractivity contribution in [3.05, 3.63) is 105 Å². The van der Waals surface area contributed by atoms with Crippen LogP contribution in [0.5, 0.6) is 5.75 Å². The maximum atomic E-state index is 13.6. The zero-order valence-corrected chi connectivity index (χ0v) is 21.1. The molecule has 3 N–H and O–H groups in total. The molecule has 0 fully saturated rings. The number of amides is 2. The molecule has 0 bridgehead atoms. The number of nitro groups is 1. The summed E-state index contributed by atoms with van der Waals surface area (Å²) in [5.41, 5.74) is 5.76. The average Bonchev–Trinajstić information content (AvgIpc) is 3.57. The predicted molar refractivity (Wildman–Crippen MR) is 143 cm³/mol. The number of benzene rings is 2. The van der Waals surface area contributed by atoms with Gasteiger partial charge in [-0.1, -0.05) is 42.5 Å². The van der Waals surface area contributed by atoms with Crippen molar-refractivity contribution in [2.45, 2.75) is 13.0 Å². The molecule has 202 valence electrons. The molecule has 0 unspecified atom stereocenters. The summed E-state index contributed by atoms with van der Waals surface area (Å²) in [6.45, 7) is -0.204. The molecule has 2 amide bonds. The number of furan rings is 1. The fourth-order valence-corrected chi connectivity index (χ4v) is 5.01. The SMILES string of the molecule is NC(=O)c1sc2nc(C(F)F)cc(-c3ccccc3)c2c1NC(=O)c1ccc(COc2ccccc2[N+](=O)[O-])o1. The minimum absolute atomic E-state index is 0.0128. The molecule has 3 aromatic heterocycles. The maximum absolute atomic E-state index is 13.6. The minimum Gasteiger partial charge on any atom is -0.479 e. The van der Waals surface area contributed by atoms with Crippen LogP contribution in [0, 0.1) is 10.1 Å². The topological polar surface area (TPSA) is 151 Å². The minimum atomic E-state index is -2.87. The monoisotopic (exact) mass is 564 g/mol. The number of carbonyl (C=O) groups is 2. The number of rotatable bonds is 9. The average molecular weight is 565 g/mol. The van der Waals surface area contributed by atoms with Gasteiger partial charge in [0, 0.05) is 11.5 Å². The molecular formula is C27H18F2N4O6S. The standard InChI is InChI=1S/C27H18F2N4O6S/c28-24(29)17-12-16(14-6-2-1-3-7-14)21-22(23(25(30)34)40-27(21)31-17)32-26(35)20-11-10-15(39-20)13-38-19-9-5-4-8-18(19)33(36)37/h1-12,24H,13H2,(H2,30,34)(H,32,35). The number of halogens is 2. The van der Waals surface area contributed by atoms with Gasteiger partial charge < -0.3 is 20.2 Å². The van der Waals surface area contributed by atoms with Crippen molar-refractivity contribution in [3.8, 4) is 16.9 Å². The molecule has 10 nitrogen and oxygen atoms in total. The summed E-state index contributed by atoms with van der Waals surface area (Å²) < 4.78 is 38.3. The second-order valence-corrected chi connectivity index (χ2v) is 9.34. The van der Waals surface area contributed by atoms with Gasteiger partial charge in [0.05, 0.1) is 10.6 Å². The van der Waals surface area contributed by atoms with E-state index in [0.29, 0.717) is 11.1 Å². The molecule has 3 heterocycles. The van der Waals surface area contributed by atoms with Crippen LogP contribution in [0.1, 0.15) is 38.1 Å². The number of primary amides is 1. The number of anilines is 1. The summed E-state index contributed by atoms with van der Waals surface area (Å²) in [5, 5.41) is 14.1. The van der Waals surface area contributed by atoms with Crippen LogP contribution in [0.2, 0.25) is 0 Å². The number of hydrogen-bond acceptors (Lipinski definition) is 8. The maximum Gasteiger partial charge on any atom is 0.310 e. The Morgan fingerprint density at radius 2 is 1.82 bits per heavy atom. The van der Waals surface area contributed by atoms with Crippen molar-refractivity contribution in [1.82, 2.24) is 4.98 Å². The Morgan fingerprint density at radius 1 is 1.10 bits per heavy atom. The van der Waals surface area contributed by atoms with E-state index in [4.69, 9.17) is 14.9 Å². The third-order valence-electron chi connectivity index (χ3n) is 5.77. The molecule has 0 aliphatic carbocycles. The predicted octanol–water partition coefficient (Wildman–Crippen LogP) is 6.33. The number of thiophene rings is 1. The number of nitro benzene ring substituents is 1. The van der Waals surface area contributed by atoms with Gasteiger partial charge in [-0.2, -0.15) is 0 Å². The summed E-state index contributed by atoms with van der Waals surface area (Å²) in [4.78, 5) is 40.1. The Kier molecular flexibility index (Phi) is 7.21. The first kappa shape index (κ1) is 26.4. The molecule has 0 atom stereocenters. The summed E-state index contributed by atoms with van der Waals surface area (Å²) >= 11 is 0.785. The number of nitrogens with two attached hydrogens (primary N) is 1. The van der Waals surface area contributed by atoms with Gasteiger partial charge in [0.2, 0.25) is 0 Å². The number of nitrogens with zero attached hydrogens (tertiary/aromatic N) is 2. The van der Waals surface area contributed by atoms with Crippen molar-refractivity contribution >= 4 is 44.7 Å². The third kappa shape index (κ3) is 5.22. The quantitative estimate of drug-likeness (QED) is 0.157. The smallest absolute Gasteiger partial charge is 0.310 e. The van der Waals surface area contributed by atoms with E-state index in [1.807, 2.05) is 0 Å². The van der Waals surface area contributed by atoms with Crippen molar-refractivity contribution in [2.75, 3.05) is 5.32 Å². The molecule has 13 heteroatoms. The van der Waals surface area contributed by atoms with Gasteiger partial charge in [-0.3, -0.25) is 19.7 Å². The molecule has 0 saturated heterocycles. The first-order valence-corrected chi connectivity index (χ1v) is 12.4. The Hall–Kier alpha value is -5.17. The van der Waals surface area contributed by atoms with Crippen LogP contribution in [0.25, 0.3) is 21.3 Å². The molecule has 2 aromatic carbocycles. The van der Waals surface area contributed by atoms with Crippen LogP contribution in [-0.2, 0) is 6.61 Å². The van der Waals surface area contributed by atoms with Gasteiger partial charge in [-0.05, 0) is 35.4 Å². The van der Waals surface area contributed by atoms with E-state index in [9.17, 15) is 28.5 Å². The van der Waals surface area contributed by atoms with Gasteiger partial charge in [-0.15, -0.1) is 11.3 Å². The fraction of sp³-hybridized carbons (Fsp3) is 0.0741. The summed E-state index contributed by atoms with van der Waals surface area (Å²) in [7, 11) is 0. The Balaban J connectivity index is 1.48. The number of ether oxygens (including phenoxy) is 1. The number of nitrogens with one attached hydrogen (secondary N) is 1. The first-order valence-electron chi connectivity index (χ1n) is 11.6. The van der Waals surface area contributed by atoms with Crippen LogP contribution < -0.4 is 15.8 Å². The highest BCUT2D eigenvalue weighted by molar-refractivity contribution is 7.21. The molecule has 5 rings (SSSR count). The lowest BCUT2D eigenvalue weighted by Crippen LogP contribution is -2.16. The van der Waals surface area contributed by atoms with Crippen molar-refractivity contribution in [2.24, 2.45) is 5.73 Å². The zero-order chi connectivity index (χ0) is 28.4. The third-order valence-corrected chi connectivity index (χ3v) is 6.87. The number of fused-ring (bicyclic) bond motifs is 1. The van der Waals surface area contributed by atoms with Crippen molar-refractivity contribution < 1.29 is 32.4 Å². The number of carbonyl (C=O) groups excluding carboxylic acids is 2. The largest absolute Gasteiger partial charge is 0.479 e. The van der Waals surface area contributed by atoms with E-state index in [1.165, 1.54) is 36.4 Å². The van der Waals surface area contributed by atoms with Crippen LogP contribution in [-0.4, -0.2) is 21.7 Å². The molecular weight excluding hydrogens is 546 g/mol. The Morgan fingerprint density at radius 3 is 2.52 bits per heavy atom. The molecule has 0 spiro atoms. The van der Waals surface area contributed by atoms with E-state index in [2.05, 4.69) is 10.3 Å². The summed E-state index contributed by atoms with van der Waals surface area (Å²) in [6.07, 6.45) is -2.87. The molecule has 40 heavy (non-hydrogen) atoms. The molecule has 0 radical (unpaired) electrons. The van der Waals surface area contributed by atoms with E-state index >= 15 is 0 Å². The van der Waals surface area contributed by atoms with Crippen LogP contribution >= 0.6 is 11.3 Å². The number of aromatic nitrogens is 1. The van der Waals surface area contributed by atoms with Gasteiger partial charge in [0.1, 0.15) is 27.8 Å². The highest BCUT2D eigenvalue weighted by atomic mass is 32.1. The number of para-hydroxylation sites is 2.